The predicted molar refractivity (Wildman–Crippen MR) is 97.0 cm³/mol. The number of ether oxygens (including phenoxy) is 2. The summed E-state index contributed by atoms with van der Waals surface area (Å²) >= 11 is 0. The molecule has 0 aliphatic carbocycles. The first-order valence-electron chi connectivity index (χ1n) is 9.11. The van der Waals surface area contributed by atoms with Crippen LogP contribution in [0, 0.1) is 5.92 Å². The van der Waals surface area contributed by atoms with E-state index >= 15 is 0 Å². The van der Waals surface area contributed by atoms with Crippen LogP contribution in [0.4, 0.5) is 4.79 Å². The highest BCUT2D eigenvalue weighted by molar-refractivity contribution is 5.74. The minimum absolute atomic E-state index is 0.0830. The average Bonchev–Trinajstić information content (AvgIpc) is 2.66. The lowest BCUT2D eigenvalue weighted by molar-refractivity contribution is 0.129. The van der Waals surface area contributed by atoms with Gasteiger partial charge in [0, 0.05) is 26.2 Å². The molecule has 2 N–H and O–H groups in total. The van der Waals surface area contributed by atoms with Gasteiger partial charge >= 0.3 is 6.03 Å². The molecule has 1 aliphatic heterocycles. The van der Waals surface area contributed by atoms with E-state index in [1.165, 1.54) is 0 Å². The fraction of sp³-hybridized carbons (Fsp3) is 0.632. The van der Waals surface area contributed by atoms with Crippen LogP contribution in [0.3, 0.4) is 0 Å². The van der Waals surface area contributed by atoms with Crippen LogP contribution in [0.2, 0.25) is 0 Å². The Morgan fingerprint density at radius 3 is 2.96 bits per heavy atom. The van der Waals surface area contributed by atoms with Gasteiger partial charge in [0.2, 0.25) is 0 Å². The fourth-order valence-electron chi connectivity index (χ4n) is 2.96. The molecule has 1 aromatic carbocycles. The van der Waals surface area contributed by atoms with E-state index in [-0.39, 0.29) is 18.6 Å². The van der Waals surface area contributed by atoms with Gasteiger partial charge in [-0.15, -0.1) is 0 Å². The normalized spacial score (nSPS) is 17.2. The minimum Gasteiger partial charge on any atom is -0.493 e. The molecule has 0 radical (unpaired) electrons. The molecule has 0 spiro atoms. The number of unbranched alkanes of at least 4 members (excludes halogenated alkanes) is 1. The summed E-state index contributed by atoms with van der Waals surface area (Å²) in [7, 11) is 1.62. The molecule has 25 heavy (non-hydrogen) atoms. The molecule has 1 saturated heterocycles. The van der Waals surface area contributed by atoms with Crippen LogP contribution in [0.15, 0.2) is 18.2 Å². The zero-order valence-electron chi connectivity index (χ0n) is 15.3. The number of hydrogen-bond donors (Lipinski definition) is 2. The molecule has 1 aliphatic rings. The van der Waals surface area contributed by atoms with Crippen molar-refractivity contribution in [1.29, 1.82) is 0 Å². The van der Waals surface area contributed by atoms with Crippen LogP contribution >= 0.6 is 0 Å². The third kappa shape index (κ3) is 5.81. The number of amides is 2. The number of nitrogens with zero attached hydrogens (tertiary/aromatic N) is 1. The van der Waals surface area contributed by atoms with E-state index < -0.39 is 0 Å². The Hall–Kier alpha value is -1.95. The first kappa shape index (κ1) is 19.4. The summed E-state index contributed by atoms with van der Waals surface area (Å²) in [6.07, 6.45) is 4.01. The van der Waals surface area contributed by atoms with E-state index in [2.05, 4.69) is 12.2 Å². The standard InChI is InChI=1S/C19H30N2O4/c1-3-4-10-25-17-8-7-15(11-18(17)24-2)12-20-19(23)21-9-5-6-16(13-21)14-22/h7-8,11,16,22H,3-6,9-10,12-14H2,1-2H3,(H,20,23). The number of carbonyl (C=O) groups is 1. The topological polar surface area (TPSA) is 71.0 Å². The molecule has 2 rings (SSSR count). The Morgan fingerprint density at radius 2 is 2.24 bits per heavy atom. The number of methoxy groups -OCH3 is 1. The first-order chi connectivity index (χ1) is 12.2. The maximum absolute atomic E-state index is 12.3. The van der Waals surface area contributed by atoms with Crippen molar-refractivity contribution >= 4 is 6.03 Å². The van der Waals surface area contributed by atoms with Crippen molar-refractivity contribution < 1.29 is 19.4 Å². The quantitative estimate of drug-likeness (QED) is 0.707. The van der Waals surface area contributed by atoms with Crippen molar-refractivity contribution in [1.82, 2.24) is 10.2 Å². The number of benzene rings is 1. The number of urea groups is 1. The lowest BCUT2D eigenvalue weighted by Crippen LogP contribution is -2.45. The second-order valence-electron chi connectivity index (χ2n) is 6.48. The van der Waals surface area contributed by atoms with Crippen molar-refractivity contribution in [2.75, 3.05) is 33.4 Å². The van der Waals surface area contributed by atoms with Crippen LogP contribution in [0.5, 0.6) is 11.5 Å². The number of piperidine rings is 1. The molecule has 0 bridgehead atoms. The number of rotatable bonds is 8. The van der Waals surface area contributed by atoms with Crippen molar-refractivity contribution in [3.63, 3.8) is 0 Å². The molecule has 140 valence electrons. The van der Waals surface area contributed by atoms with Gasteiger partial charge in [-0.3, -0.25) is 0 Å². The van der Waals surface area contributed by atoms with Crippen molar-refractivity contribution in [3.05, 3.63) is 23.8 Å². The zero-order chi connectivity index (χ0) is 18.1. The smallest absolute Gasteiger partial charge is 0.317 e. The van der Waals surface area contributed by atoms with E-state index in [4.69, 9.17) is 9.47 Å². The maximum atomic E-state index is 12.3. The van der Waals surface area contributed by atoms with Crippen LogP contribution in [0.25, 0.3) is 0 Å². The predicted octanol–water partition coefficient (Wildman–Crippen LogP) is 2.79. The number of nitrogens with one attached hydrogen (secondary N) is 1. The number of aliphatic hydroxyl groups excluding tert-OH is 1. The zero-order valence-corrected chi connectivity index (χ0v) is 15.3. The molecule has 0 aromatic heterocycles. The summed E-state index contributed by atoms with van der Waals surface area (Å²) in [5.41, 5.74) is 0.962. The highest BCUT2D eigenvalue weighted by Gasteiger charge is 2.22. The van der Waals surface area contributed by atoms with Crippen LogP contribution in [-0.2, 0) is 6.54 Å². The van der Waals surface area contributed by atoms with Crippen LogP contribution < -0.4 is 14.8 Å². The summed E-state index contributed by atoms with van der Waals surface area (Å²) in [4.78, 5) is 14.1. The number of aliphatic hydroxyl groups is 1. The van der Waals surface area contributed by atoms with Gasteiger partial charge in [-0.05, 0) is 42.9 Å². The molecular weight excluding hydrogens is 320 g/mol. The van der Waals surface area contributed by atoms with Gasteiger partial charge in [-0.1, -0.05) is 19.4 Å². The molecule has 1 fully saturated rings. The number of carbonyl (C=O) groups excluding carboxylic acids is 1. The summed E-state index contributed by atoms with van der Waals surface area (Å²) in [5, 5.41) is 12.2. The van der Waals surface area contributed by atoms with Gasteiger partial charge in [0.25, 0.3) is 0 Å². The Bertz CT molecular complexity index is 550. The van der Waals surface area contributed by atoms with E-state index in [0.717, 1.165) is 43.5 Å². The Balaban J connectivity index is 1.88. The lowest BCUT2D eigenvalue weighted by atomic mass is 9.99. The maximum Gasteiger partial charge on any atom is 0.317 e. The third-order valence-electron chi connectivity index (χ3n) is 4.49. The number of hydrogen-bond acceptors (Lipinski definition) is 4. The van der Waals surface area contributed by atoms with Gasteiger partial charge in [-0.2, -0.15) is 0 Å². The molecular formula is C19H30N2O4. The van der Waals surface area contributed by atoms with Crippen molar-refractivity contribution in [3.8, 4) is 11.5 Å². The SMILES string of the molecule is CCCCOc1ccc(CNC(=O)N2CCCC(CO)C2)cc1OC. The highest BCUT2D eigenvalue weighted by Crippen LogP contribution is 2.28. The monoisotopic (exact) mass is 350 g/mol. The van der Waals surface area contributed by atoms with Crippen LogP contribution in [-0.4, -0.2) is 49.5 Å². The summed E-state index contributed by atoms with van der Waals surface area (Å²) in [6, 6.07) is 5.64. The summed E-state index contributed by atoms with van der Waals surface area (Å²) in [6.45, 7) is 4.73. The minimum atomic E-state index is -0.0830. The van der Waals surface area contributed by atoms with E-state index in [1.807, 2.05) is 18.2 Å². The molecule has 2 amide bonds. The largest absolute Gasteiger partial charge is 0.493 e. The summed E-state index contributed by atoms with van der Waals surface area (Å²) < 4.78 is 11.1. The van der Waals surface area contributed by atoms with E-state index in [0.29, 0.717) is 25.4 Å². The first-order valence-corrected chi connectivity index (χ1v) is 9.11. The van der Waals surface area contributed by atoms with Gasteiger partial charge in [0.15, 0.2) is 11.5 Å². The van der Waals surface area contributed by atoms with E-state index in [9.17, 15) is 9.90 Å². The van der Waals surface area contributed by atoms with Crippen molar-refractivity contribution in [2.24, 2.45) is 5.92 Å². The Morgan fingerprint density at radius 1 is 1.40 bits per heavy atom. The molecule has 6 nitrogen and oxygen atoms in total. The fourth-order valence-corrected chi connectivity index (χ4v) is 2.96. The Kier molecular flexibility index (Phi) is 7.85. The molecule has 1 atom stereocenters. The molecule has 1 unspecified atom stereocenters. The second-order valence-corrected chi connectivity index (χ2v) is 6.48. The summed E-state index contributed by atoms with van der Waals surface area (Å²) in [5.74, 6) is 1.60. The average molecular weight is 350 g/mol. The molecule has 6 heteroatoms. The highest BCUT2D eigenvalue weighted by atomic mass is 16.5. The molecule has 0 saturated carbocycles. The van der Waals surface area contributed by atoms with Crippen LogP contribution in [0.1, 0.15) is 38.2 Å². The van der Waals surface area contributed by atoms with Gasteiger partial charge < -0.3 is 24.8 Å². The van der Waals surface area contributed by atoms with E-state index in [1.54, 1.807) is 12.0 Å². The molecule has 1 aromatic rings. The number of likely N-dealkylation sites (tertiary alicyclic amines) is 1. The van der Waals surface area contributed by atoms with Gasteiger partial charge in [0.1, 0.15) is 0 Å². The van der Waals surface area contributed by atoms with Gasteiger partial charge in [0.05, 0.1) is 13.7 Å². The molecule has 1 heterocycles. The Labute approximate surface area is 150 Å². The lowest BCUT2D eigenvalue weighted by Gasteiger charge is -2.31. The van der Waals surface area contributed by atoms with Crippen molar-refractivity contribution in [2.45, 2.75) is 39.2 Å². The van der Waals surface area contributed by atoms with Gasteiger partial charge in [-0.25, -0.2) is 4.79 Å². The third-order valence-corrected chi connectivity index (χ3v) is 4.49. The second kappa shape index (κ2) is 10.1.